The first kappa shape index (κ1) is 20.7. The number of hydrogen-bond acceptors (Lipinski definition) is 5. The molecule has 31 heavy (non-hydrogen) atoms. The SMILES string of the molecule is Cc1cc(OCC(=O)NC(C(=O)O)c2ccccc2)c2c3c(c(=O)oc2c1)CCCC3. The number of ether oxygens (including phenoxy) is 1. The maximum absolute atomic E-state index is 12.5. The number of carbonyl (C=O) groups is 2. The second kappa shape index (κ2) is 8.63. The third-order valence-corrected chi connectivity index (χ3v) is 5.47. The lowest BCUT2D eigenvalue weighted by Gasteiger charge is -2.19. The smallest absolute Gasteiger partial charge is 0.339 e. The molecular weight excluding hydrogens is 398 g/mol. The number of benzene rings is 2. The van der Waals surface area contributed by atoms with Crippen LogP contribution in [0.1, 0.15) is 41.1 Å². The van der Waals surface area contributed by atoms with Crippen molar-refractivity contribution in [3.8, 4) is 5.75 Å². The third kappa shape index (κ3) is 4.30. The van der Waals surface area contributed by atoms with Crippen LogP contribution in [-0.2, 0) is 22.4 Å². The lowest BCUT2D eigenvalue weighted by atomic mass is 9.90. The Labute approximate surface area is 178 Å². The van der Waals surface area contributed by atoms with Crippen molar-refractivity contribution in [1.29, 1.82) is 0 Å². The Morgan fingerprint density at radius 2 is 1.84 bits per heavy atom. The van der Waals surface area contributed by atoms with Gasteiger partial charge in [0.05, 0.1) is 5.39 Å². The molecule has 2 aromatic carbocycles. The van der Waals surface area contributed by atoms with E-state index in [0.717, 1.165) is 30.4 Å². The van der Waals surface area contributed by atoms with Crippen LogP contribution in [0.3, 0.4) is 0 Å². The molecule has 7 heteroatoms. The molecule has 1 aromatic heterocycles. The minimum absolute atomic E-state index is 0.316. The van der Waals surface area contributed by atoms with Crippen LogP contribution >= 0.6 is 0 Å². The highest BCUT2D eigenvalue weighted by atomic mass is 16.5. The van der Waals surface area contributed by atoms with Crippen molar-refractivity contribution in [2.75, 3.05) is 6.61 Å². The molecule has 0 aliphatic heterocycles. The zero-order valence-corrected chi connectivity index (χ0v) is 17.1. The van der Waals surface area contributed by atoms with E-state index in [-0.39, 0.29) is 12.2 Å². The highest BCUT2D eigenvalue weighted by Gasteiger charge is 2.24. The fourth-order valence-electron chi connectivity index (χ4n) is 4.06. The molecule has 1 heterocycles. The summed E-state index contributed by atoms with van der Waals surface area (Å²) in [6.45, 7) is 1.49. The van der Waals surface area contributed by atoms with Crippen molar-refractivity contribution in [1.82, 2.24) is 5.32 Å². The Kier molecular flexibility index (Phi) is 5.75. The first-order valence-electron chi connectivity index (χ1n) is 10.2. The maximum atomic E-state index is 12.5. The number of nitrogens with one attached hydrogen (secondary N) is 1. The first-order chi connectivity index (χ1) is 14.9. The molecule has 3 aromatic rings. The number of fused-ring (bicyclic) bond motifs is 3. The lowest BCUT2D eigenvalue weighted by molar-refractivity contribution is -0.142. The van der Waals surface area contributed by atoms with Gasteiger partial charge in [0.1, 0.15) is 11.3 Å². The Hall–Kier alpha value is -3.61. The summed E-state index contributed by atoms with van der Waals surface area (Å²) in [7, 11) is 0. The van der Waals surface area contributed by atoms with Gasteiger partial charge in [0.15, 0.2) is 12.6 Å². The fraction of sp³-hybridized carbons (Fsp3) is 0.292. The minimum Gasteiger partial charge on any atom is -0.483 e. The maximum Gasteiger partial charge on any atom is 0.339 e. The molecule has 0 spiro atoms. The topological polar surface area (TPSA) is 106 Å². The number of carboxylic acid groups (broad SMARTS) is 1. The molecule has 0 bridgehead atoms. The molecule has 1 amide bonds. The zero-order chi connectivity index (χ0) is 22.0. The number of amides is 1. The molecule has 2 N–H and O–H groups in total. The van der Waals surface area contributed by atoms with E-state index in [4.69, 9.17) is 9.15 Å². The molecule has 4 rings (SSSR count). The van der Waals surface area contributed by atoms with E-state index in [1.165, 1.54) is 0 Å². The fourth-order valence-corrected chi connectivity index (χ4v) is 4.06. The summed E-state index contributed by atoms with van der Waals surface area (Å²) in [4.78, 5) is 36.5. The van der Waals surface area contributed by atoms with Crippen molar-refractivity contribution in [3.05, 3.63) is 75.1 Å². The van der Waals surface area contributed by atoms with Gasteiger partial charge in [-0.1, -0.05) is 30.3 Å². The van der Waals surface area contributed by atoms with Crippen LogP contribution in [0.2, 0.25) is 0 Å². The first-order valence-corrected chi connectivity index (χ1v) is 10.2. The van der Waals surface area contributed by atoms with E-state index in [1.54, 1.807) is 42.5 Å². The van der Waals surface area contributed by atoms with Crippen molar-refractivity contribution in [2.24, 2.45) is 0 Å². The van der Waals surface area contributed by atoms with Gasteiger partial charge in [-0.2, -0.15) is 0 Å². The predicted molar refractivity (Wildman–Crippen MR) is 114 cm³/mol. The van der Waals surface area contributed by atoms with E-state index in [2.05, 4.69) is 5.32 Å². The number of aryl methyl sites for hydroxylation is 2. The lowest BCUT2D eigenvalue weighted by Crippen LogP contribution is -2.36. The average molecular weight is 421 g/mol. The molecule has 0 fully saturated rings. The van der Waals surface area contributed by atoms with Gasteiger partial charge < -0.3 is 19.6 Å². The van der Waals surface area contributed by atoms with Crippen LogP contribution in [0.15, 0.2) is 51.7 Å². The number of hydrogen-bond donors (Lipinski definition) is 2. The zero-order valence-electron chi connectivity index (χ0n) is 17.1. The standard InChI is InChI=1S/C24H23NO6/c1-14-11-18(21-16-9-5-6-10-17(16)24(29)31-19(21)12-14)30-13-20(26)25-22(23(27)28)15-7-3-2-4-8-15/h2-4,7-8,11-12,22H,5-6,9-10,13H2,1H3,(H,25,26)(H,27,28). The van der Waals surface area contributed by atoms with Gasteiger partial charge in [-0.05, 0) is 61.4 Å². The predicted octanol–water partition coefficient (Wildman–Crippen LogP) is 3.30. The van der Waals surface area contributed by atoms with Gasteiger partial charge in [0.25, 0.3) is 5.91 Å². The Morgan fingerprint density at radius 3 is 2.55 bits per heavy atom. The van der Waals surface area contributed by atoms with Crippen LogP contribution in [0.25, 0.3) is 11.0 Å². The number of carboxylic acids is 1. The van der Waals surface area contributed by atoms with Crippen LogP contribution in [0.4, 0.5) is 0 Å². The van der Waals surface area contributed by atoms with Crippen LogP contribution in [0.5, 0.6) is 5.75 Å². The highest BCUT2D eigenvalue weighted by molar-refractivity contribution is 5.90. The van der Waals surface area contributed by atoms with Crippen molar-refractivity contribution in [2.45, 2.75) is 38.6 Å². The van der Waals surface area contributed by atoms with E-state index in [0.29, 0.717) is 34.3 Å². The Morgan fingerprint density at radius 1 is 1.13 bits per heavy atom. The summed E-state index contributed by atoms with van der Waals surface area (Å²) in [5.41, 5.74) is 3.01. The van der Waals surface area contributed by atoms with Crippen LogP contribution in [-0.4, -0.2) is 23.6 Å². The Balaban J connectivity index is 1.59. The largest absolute Gasteiger partial charge is 0.483 e. The minimum atomic E-state index is -1.17. The molecule has 0 saturated carbocycles. The van der Waals surface area contributed by atoms with Gasteiger partial charge in [-0.3, -0.25) is 4.79 Å². The van der Waals surface area contributed by atoms with Crippen molar-refractivity contribution in [3.63, 3.8) is 0 Å². The van der Waals surface area contributed by atoms with Gasteiger partial charge in [0.2, 0.25) is 0 Å². The highest BCUT2D eigenvalue weighted by Crippen LogP contribution is 2.34. The van der Waals surface area contributed by atoms with E-state index in [9.17, 15) is 19.5 Å². The second-order valence-electron chi connectivity index (χ2n) is 7.73. The summed E-state index contributed by atoms with van der Waals surface area (Å²) in [5.74, 6) is -1.26. The molecule has 1 unspecified atom stereocenters. The summed E-state index contributed by atoms with van der Waals surface area (Å²) >= 11 is 0. The van der Waals surface area contributed by atoms with Gasteiger partial charge in [-0.25, -0.2) is 9.59 Å². The van der Waals surface area contributed by atoms with Crippen LogP contribution in [0, 0.1) is 6.92 Å². The molecule has 160 valence electrons. The molecule has 1 atom stereocenters. The Bertz CT molecular complexity index is 1200. The summed E-state index contributed by atoms with van der Waals surface area (Å²) in [6.07, 6.45) is 3.32. The summed E-state index contributed by atoms with van der Waals surface area (Å²) in [5, 5.41) is 12.7. The van der Waals surface area contributed by atoms with Crippen LogP contribution < -0.4 is 15.7 Å². The van der Waals surface area contributed by atoms with Crippen molar-refractivity contribution < 1.29 is 23.8 Å². The number of aliphatic carboxylic acids is 1. The van der Waals surface area contributed by atoms with E-state index >= 15 is 0 Å². The van der Waals surface area contributed by atoms with Gasteiger partial charge in [-0.15, -0.1) is 0 Å². The molecule has 0 saturated heterocycles. The molecule has 1 aliphatic carbocycles. The van der Waals surface area contributed by atoms with E-state index in [1.807, 2.05) is 6.92 Å². The normalized spacial score (nSPS) is 14.0. The molecule has 7 nitrogen and oxygen atoms in total. The molecular formula is C24H23NO6. The number of rotatable bonds is 6. The summed E-state index contributed by atoms with van der Waals surface area (Å²) in [6, 6.07) is 10.9. The monoisotopic (exact) mass is 421 g/mol. The quantitative estimate of drug-likeness (QED) is 0.592. The van der Waals surface area contributed by atoms with Gasteiger partial charge in [0, 0.05) is 5.56 Å². The molecule has 1 aliphatic rings. The van der Waals surface area contributed by atoms with E-state index < -0.39 is 17.9 Å². The number of carbonyl (C=O) groups excluding carboxylic acids is 1. The van der Waals surface area contributed by atoms with Crippen molar-refractivity contribution >= 4 is 22.8 Å². The second-order valence-corrected chi connectivity index (χ2v) is 7.73. The summed E-state index contributed by atoms with van der Waals surface area (Å²) < 4.78 is 11.3. The third-order valence-electron chi connectivity index (χ3n) is 5.47. The average Bonchev–Trinajstić information content (AvgIpc) is 2.76. The van der Waals surface area contributed by atoms with Gasteiger partial charge >= 0.3 is 11.6 Å². The molecule has 0 radical (unpaired) electrons.